The molecule has 11 heteroatoms. The summed E-state index contributed by atoms with van der Waals surface area (Å²) in [6, 6.07) is 1.28. The molecule has 0 fully saturated rings. The van der Waals surface area contributed by atoms with Crippen LogP contribution in [0.2, 0.25) is 0 Å². The van der Waals surface area contributed by atoms with Gasteiger partial charge in [-0.05, 0) is 12.1 Å². The smallest absolute Gasteiger partial charge is 0.504 e. The molecule has 112 valence electrons. The first-order valence-corrected chi connectivity index (χ1v) is 6.21. The Balaban J connectivity index is 3.13. The lowest BCUT2D eigenvalue weighted by atomic mass is 10.2. The summed E-state index contributed by atoms with van der Waals surface area (Å²) in [4.78, 5) is 11.4. The lowest BCUT2D eigenvalue weighted by molar-refractivity contribution is -0.0446. The Morgan fingerprint density at radius 3 is 2.05 bits per heavy atom. The zero-order valence-electron chi connectivity index (χ0n) is 9.72. The van der Waals surface area contributed by atoms with E-state index in [0.717, 1.165) is 11.8 Å². The van der Waals surface area contributed by atoms with Crippen LogP contribution in [0.4, 0.5) is 13.2 Å². The van der Waals surface area contributed by atoms with E-state index in [2.05, 4.69) is 4.74 Å². The predicted molar refractivity (Wildman–Crippen MR) is 58.8 cm³/mol. The van der Waals surface area contributed by atoms with Gasteiger partial charge in [-0.15, -0.1) is 0 Å². The average Bonchev–Trinajstić information content (AvgIpc) is 2.26. The number of nitrogens with one attached hydrogen (secondary N) is 1. The first kappa shape index (κ1) is 15.9. The number of ether oxygens (including phenoxy) is 1. The molecule has 0 spiro atoms. The maximum atomic E-state index is 12.1. The number of carbonyl (C=O) groups excluding carboxylic acids is 1. The number of hydrogen-bond donors (Lipinski definition) is 3. The Labute approximate surface area is 110 Å². The molecule has 0 unspecified atom stereocenters. The van der Waals surface area contributed by atoms with Crippen LogP contribution in [0.1, 0.15) is 10.4 Å². The van der Waals surface area contributed by atoms with Crippen molar-refractivity contribution < 1.29 is 41.3 Å². The number of aromatic hydroxyl groups is 2. The average molecular weight is 315 g/mol. The second-order valence-electron chi connectivity index (χ2n) is 3.43. The van der Waals surface area contributed by atoms with Gasteiger partial charge in [0, 0.05) is 5.56 Å². The first-order valence-electron chi connectivity index (χ1n) is 4.73. The molecule has 0 aliphatic rings. The molecule has 1 rings (SSSR count). The second-order valence-corrected chi connectivity index (χ2v) is 5.10. The highest BCUT2D eigenvalue weighted by atomic mass is 32.2. The highest BCUT2D eigenvalue weighted by molar-refractivity contribution is 7.90. The highest BCUT2D eigenvalue weighted by Gasteiger charge is 2.47. The summed E-state index contributed by atoms with van der Waals surface area (Å²) in [5, 5.41) is 18.7. The molecule has 0 radical (unpaired) electrons. The van der Waals surface area contributed by atoms with Crippen molar-refractivity contribution in [2.45, 2.75) is 5.51 Å². The molecule has 0 saturated carbocycles. The van der Waals surface area contributed by atoms with Crippen LogP contribution in [0.3, 0.4) is 0 Å². The van der Waals surface area contributed by atoms with Gasteiger partial charge in [-0.3, -0.25) is 4.79 Å². The number of benzene rings is 1. The second kappa shape index (κ2) is 5.07. The molecule has 0 bridgehead atoms. The lowest BCUT2D eigenvalue weighted by Crippen LogP contribution is -2.40. The molecule has 0 aliphatic carbocycles. The van der Waals surface area contributed by atoms with Gasteiger partial charge in [0.2, 0.25) is 5.75 Å². The molecular formula is C9H8F3NO6S. The molecule has 0 saturated heterocycles. The Bertz CT molecular complexity index is 617. The van der Waals surface area contributed by atoms with E-state index in [4.69, 9.17) is 0 Å². The summed E-state index contributed by atoms with van der Waals surface area (Å²) in [5.74, 6) is -3.58. The van der Waals surface area contributed by atoms with Crippen molar-refractivity contribution in [1.82, 2.24) is 4.72 Å². The Kier molecular flexibility index (Phi) is 4.03. The van der Waals surface area contributed by atoms with E-state index in [9.17, 15) is 36.6 Å². The fraction of sp³-hybridized carbons (Fsp3) is 0.222. The third-order valence-corrected chi connectivity index (χ3v) is 3.11. The zero-order chi connectivity index (χ0) is 15.7. The SMILES string of the molecule is COc1c(O)cc(C(=O)NS(=O)(=O)C(F)(F)F)cc1O. The van der Waals surface area contributed by atoms with Crippen molar-refractivity contribution in [3.05, 3.63) is 17.7 Å². The van der Waals surface area contributed by atoms with E-state index in [1.54, 1.807) is 0 Å². The fourth-order valence-electron chi connectivity index (χ4n) is 1.18. The Hall–Kier alpha value is -2.17. The zero-order valence-corrected chi connectivity index (χ0v) is 10.5. The number of phenols is 2. The summed E-state index contributed by atoms with van der Waals surface area (Å²) in [5.41, 5.74) is -6.37. The minimum atomic E-state index is -5.88. The molecular weight excluding hydrogens is 307 g/mol. The minimum absolute atomic E-state index is 0.416. The molecule has 0 heterocycles. The van der Waals surface area contributed by atoms with Crippen LogP contribution in [0, 0.1) is 0 Å². The number of hydrogen-bond acceptors (Lipinski definition) is 6. The summed E-state index contributed by atoms with van der Waals surface area (Å²) >= 11 is 0. The van der Waals surface area contributed by atoms with Crippen LogP contribution in [-0.2, 0) is 10.0 Å². The third-order valence-electron chi connectivity index (χ3n) is 2.05. The topological polar surface area (TPSA) is 113 Å². The number of phenolic OH excluding ortho intramolecular Hbond substituents is 2. The van der Waals surface area contributed by atoms with Crippen molar-refractivity contribution in [1.29, 1.82) is 0 Å². The molecule has 0 aliphatic heterocycles. The summed E-state index contributed by atoms with van der Waals surface area (Å²) in [6.07, 6.45) is 0. The number of sulfonamides is 1. The van der Waals surface area contributed by atoms with E-state index in [1.165, 1.54) is 0 Å². The van der Waals surface area contributed by atoms with E-state index >= 15 is 0 Å². The molecule has 1 aromatic carbocycles. The van der Waals surface area contributed by atoms with Crippen molar-refractivity contribution in [3.63, 3.8) is 0 Å². The fourth-order valence-corrected chi connectivity index (χ4v) is 1.66. The van der Waals surface area contributed by atoms with Gasteiger partial charge in [0.1, 0.15) is 0 Å². The predicted octanol–water partition coefficient (Wildman–Crippen LogP) is 0.686. The van der Waals surface area contributed by atoms with Gasteiger partial charge >= 0.3 is 15.5 Å². The van der Waals surface area contributed by atoms with Gasteiger partial charge in [-0.25, -0.2) is 4.72 Å². The highest BCUT2D eigenvalue weighted by Crippen LogP contribution is 2.36. The molecule has 3 N–H and O–H groups in total. The number of halogens is 3. The van der Waals surface area contributed by atoms with E-state index < -0.39 is 44.3 Å². The maximum absolute atomic E-state index is 12.1. The van der Waals surface area contributed by atoms with Gasteiger partial charge in [0.15, 0.2) is 11.5 Å². The number of amides is 1. The van der Waals surface area contributed by atoms with Crippen LogP contribution < -0.4 is 9.46 Å². The van der Waals surface area contributed by atoms with Crippen LogP contribution in [0.15, 0.2) is 12.1 Å². The van der Waals surface area contributed by atoms with Gasteiger partial charge < -0.3 is 14.9 Å². The van der Waals surface area contributed by atoms with Gasteiger partial charge in [-0.2, -0.15) is 21.6 Å². The van der Waals surface area contributed by atoms with Crippen LogP contribution in [-0.4, -0.2) is 37.2 Å². The summed E-state index contributed by atoms with van der Waals surface area (Å²) < 4.78 is 62.9. The van der Waals surface area contributed by atoms with Crippen molar-refractivity contribution in [2.24, 2.45) is 0 Å². The normalized spacial score (nSPS) is 12.0. The molecule has 0 aromatic heterocycles. The lowest BCUT2D eigenvalue weighted by Gasteiger charge is -2.11. The molecule has 20 heavy (non-hydrogen) atoms. The Morgan fingerprint density at radius 1 is 1.25 bits per heavy atom. The van der Waals surface area contributed by atoms with E-state index in [-0.39, 0.29) is 0 Å². The number of methoxy groups -OCH3 is 1. The van der Waals surface area contributed by atoms with Crippen LogP contribution >= 0.6 is 0 Å². The third kappa shape index (κ3) is 3.04. The van der Waals surface area contributed by atoms with Crippen LogP contribution in [0.5, 0.6) is 17.2 Å². The maximum Gasteiger partial charge on any atom is 0.516 e. The molecule has 7 nitrogen and oxygen atoms in total. The minimum Gasteiger partial charge on any atom is -0.504 e. The van der Waals surface area contributed by atoms with Crippen molar-refractivity contribution in [2.75, 3.05) is 7.11 Å². The van der Waals surface area contributed by atoms with Gasteiger partial charge in [-0.1, -0.05) is 0 Å². The largest absolute Gasteiger partial charge is 0.516 e. The van der Waals surface area contributed by atoms with Crippen molar-refractivity contribution >= 4 is 15.9 Å². The monoisotopic (exact) mass is 315 g/mol. The Morgan fingerprint density at radius 2 is 1.70 bits per heavy atom. The van der Waals surface area contributed by atoms with Gasteiger partial charge in [0.25, 0.3) is 5.91 Å². The van der Waals surface area contributed by atoms with Gasteiger partial charge in [0.05, 0.1) is 7.11 Å². The quantitative estimate of drug-likeness (QED) is 0.756. The summed E-state index contributed by atoms with van der Waals surface area (Å²) in [7, 11) is -4.79. The number of carbonyl (C=O) groups is 1. The van der Waals surface area contributed by atoms with Crippen molar-refractivity contribution in [3.8, 4) is 17.2 Å². The number of rotatable bonds is 3. The molecule has 0 atom stereocenters. The van der Waals surface area contributed by atoms with E-state index in [1.807, 2.05) is 0 Å². The van der Waals surface area contributed by atoms with E-state index in [0.29, 0.717) is 12.1 Å². The standard InChI is InChI=1S/C9H8F3NO6S/c1-19-7-5(14)2-4(3-6(7)15)8(16)13-20(17,18)9(10,11)12/h2-3,14-15H,1H3,(H,13,16). The first-order chi connectivity index (χ1) is 8.99. The summed E-state index contributed by atoms with van der Waals surface area (Å²) in [6.45, 7) is 0. The molecule has 1 amide bonds. The number of alkyl halides is 3. The van der Waals surface area contributed by atoms with Crippen LogP contribution in [0.25, 0.3) is 0 Å². The molecule has 1 aromatic rings.